The second-order valence-corrected chi connectivity index (χ2v) is 8.66. The summed E-state index contributed by atoms with van der Waals surface area (Å²) in [6.45, 7) is 1.52. The van der Waals surface area contributed by atoms with E-state index in [9.17, 15) is 17.6 Å². The SMILES string of the molecule is C[C@H](NS(=O)(=O)c1ccc(OCC(=O)N(C)c2ccc(F)cc2)cc1)c1ccccc1. The van der Waals surface area contributed by atoms with E-state index in [0.717, 1.165) is 5.56 Å². The summed E-state index contributed by atoms with van der Waals surface area (Å²) in [6, 6.07) is 20.2. The van der Waals surface area contributed by atoms with Crippen LogP contribution in [0, 0.1) is 5.82 Å². The molecular weight excluding hydrogens is 419 g/mol. The lowest BCUT2D eigenvalue weighted by atomic mass is 10.1. The molecule has 0 unspecified atom stereocenters. The van der Waals surface area contributed by atoms with Crippen LogP contribution < -0.4 is 14.4 Å². The zero-order chi connectivity index (χ0) is 22.4. The van der Waals surface area contributed by atoms with Crippen molar-refractivity contribution in [2.24, 2.45) is 0 Å². The Morgan fingerprint density at radius 2 is 1.61 bits per heavy atom. The Morgan fingerprint density at radius 1 is 1.00 bits per heavy atom. The van der Waals surface area contributed by atoms with Crippen molar-refractivity contribution in [3.8, 4) is 5.75 Å². The molecule has 31 heavy (non-hydrogen) atoms. The molecule has 0 aliphatic carbocycles. The van der Waals surface area contributed by atoms with Gasteiger partial charge in [0.15, 0.2) is 6.61 Å². The van der Waals surface area contributed by atoms with E-state index in [1.54, 1.807) is 14.0 Å². The molecule has 162 valence electrons. The highest BCUT2D eigenvalue weighted by Crippen LogP contribution is 2.20. The number of hydrogen-bond acceptors (Lipinski definition) is 4. The van der Waals surface area contributed by atoms with Gasteiger partial charge in [0.05, 0.1) is 4.90 Å². The summed E-state index contributed by atoms with van der Waals surface area (Å²) < 4.78 is 46.4. The van der Waals surface area contributed by atoms with Crippen LogP contribution >= 0.6 is 0 Å². The Kier molecular flexibility index (Phi) is 7.04. The summed E-state index contributed by atoms with van der Waals surface area (Å²) in [5, 5.41) is 0. The highest BCUT2D eigenvalue weighted by atomic mass is 32.2. The monoisotopic (exact) mass is 442 g/mol. The Hall–Kier alpha value is -3.23. The molecule has 0 spiro atoms. The Morgan fingerprint density at radius 3 is 2.23 bits per heavy atom. The van der Waals surface area contributed by atoms with Gasteiger partial charge >= 0.3 is 0 Å². The molecule has 0 heterocycles. The van der Waals surface area contributed by atoms with E-state index in [-0.39, 0.29) is 29.3 Å². The summed E-state index contributed by atoms with van der Waals surface area (Å²) in [5.74, 6) is -0.360. The third kappa shape index (κ3) is 5.90. The van der Waals surface area contributed by atoms with Gasteiger partial charge in [-0.2, -0.15) is 0 Å². The van der Waals surface area contributed by atoms with Gasteiger partial charge in [-0.15, -0.1) is 0 Å². The number of carbonyl (C=O) groups excluding carboxylic acids is 1. The summed E-state index contributed by atoms with van der Waals surface area (Å²) in [4.78, 5) is 13.7. The van der Waals surface area contributed by atoms with Crippen molar-refractivity contribution in [3.05, 3.63) is 90.2 Å². The fourth-order valence-electron chi connectivity index (χ4n) is 2.88. The number of sulfonamides is 1. The number of benzene rings is 3. The van der Waals surface area contributed by atoms with E-state index in [4.69, 9.17) is 4.74 Å². The second kappa shape index (κ2) is 9.72. The number of hydrogen-bond donors (Lipinski definition) is 1. The third-order valence-electron chi connectivity index (χ3n) is 4.72. The molecule has 0 aromatic heterocycles. The summed E-state index contributed by atoms with van der Waals surface area (Å²) in [5.41, 5.74) is 1.39. The van der Waals surface area contributed by atoms with Crippen LogP contribution in [-0.2, 0) is 14.8 Å². The number of ether oxygens (including phenoxy) is 1. The van der Waals surface area contributed by atoms with Crippen LogP contribution in [0.2, 0.25) is 0 Å². The maximum Gasteiger partial charge on any atom is 0.264 e. The maximum atomic E-state index is 13.0. The van der Waals surface area contributed by atoms with Crippen LogP contribution in [0.1, 0.15) is 18.5 Å². The molecule has 0 radical (unpaired) electrons. The van der Waals surface area contributed by atoms with Gasteiger partial charge in [-0.05, 0) is 61.0 Å². The first-order valence-corrected chi connectivity index (χ1v) is 11.1. The fraction of sp³-hybridized carbons (Fsp3) is 0.174. The molecule has 0 fully saturated rings. The van der Waals surface area contributed by atoms with E-state index in [1.807, 2.05) is 30.3 Å². The molecule has 0 aliphatic heterocycles. The zero-order valence-electron chi connectivity index (χ0n) is 17.2. The largest absolute Gasteiger partial charge is 0.484 e. The topological polar surface area (TPSA) is 75.7 Å². The molecule has 1 amide bonds. The minimum atomic E-state index is -3.72. The van der Waals surface area contributed by atoms with Crippen molar-refractivity contribution < 1.29 is 22.3 Å². The van der Waals surface area contributed by atoms with Crippen molar-refractivity contribution in [2.45, 2.75) is 17.9 Å². The Balaban J connectivity index is 1.59. The summed E-state index contributed by atoms with van der Waals surface area (Å²) >= 11 is 0. The molecule has 0 aliphatic rings. The van der Waals surface area contributed by atoms with E-state index in [1.165, 1.54) is 53.4 Å². The van der Waals surface area contributed by atoms with Crippen LogP contribution in [-0.4, -0.2) is 28.0 Å². The molecule has 0 saturated heterocycles. The van der Waals surface area contributed by atoms with E-state index < -0.39 is 10.0 Å². The number of rotatable bonds is 8. The number of carbonyl (C=O) groups is 1. The standard InChI is InChI=1S/C23H23FN2O4S/c1-17(18-6-4-3-5-7-18)25-31(28,29)22-14-12-21(13-15-22)30-16-23(27)26(2)20-10-8-19(24)9-11-20/h3-15,17,25H,16H2,1-2H3/t17-/m0/s1. The van der Waals surface area contributed by atoms with Gasteiger partial charge in [-0.25, -0.2) is 17.5 Å². The van der Waals surface area contributed by atoms with Gasteiger partial charge in [0, 0.05) is 18.8 Å². The number of nitrogens with zero attached hydrogens (tertiary/aromatic N) is 1. The van der Waals surface area contributed by atoms with Crippen molar-refractivity contribution >= 4 is 21.6 Å². The molecule has 3 aromatic rings. The molecule has 0 saturated carbocycles. The molecule has 6 nitrogen and oxygen atoms in total. The molecular formula is C23H23FN2O4S. The molecule has 0 bridgehead atoms. The van der Waals surface area contributed by atoms with Crippen LogP contribution in [0.3, 0.4) is 0 Å². The quantitative estimate of drug-likeness (QED) is 0.574. The average Bonchev–Trinajstić information content (AvgIpc) is 2.78. The number of nitrogens with one attached hydrogen (secondary N) is 1. The molecule has 1 atom stereocenters. The third-order valence-corrected chi connectivity index (χ3v) is 6.27. The van der Waals surface area contributed by atoms with Gasteiger partial charge in [-0.1, -0.05) is 30.3 Å². The van der Waals surface area contributed by atoms with Crippen LogP contribution in [0.5, 0.6) is 5.75 Å². The lowest BCUT2D eigenvalue weighted by Crippen LogP contribution is -2.31. The van der Waals surface area contributed by atoms with Crippen LogP contribution in [0.15, 0.2) is 83.8 Å². The summed E-state index contributed by atoms with van der Waals surface area (Å²) in [7, 11) is -2.16. The van der Waals surface area contributed by atoms with Crippen molar-refractivity contribution in [1.29, 1.82) is 0 Å². The molecule has 3 aromatic carbocycles. The van der Waals surface area contributed by atoms with Gasteiger partial charge < -0.3 is 9.64 Å². The highest BCUT2D eigenvalue weighted by molar-refractivity contribution is 7.89. The first-order chi connectivity index (χ1) is 14.8. The van der Waals surface area contributed by atoms with Crippen LogP contribution in [0.4, 0.5) is 10.1 Å². The minimum Gasteiger partial charge on any atom is -0.484 e. The predicted octanol–water partition coefficient (Wildman–Crippen LogP) is 3.91. The Labute approximate surface area is 181 Å². The lowest BCUT2D eigenvalue weighted by Gasteiger charge is -2.18. The minimum absolute atomic E-state index is 0.0948. The number of halogens is 1. The first kappa shape index (κ1) is 22.5. The first-order valence-electron chi connectivity index (χ1n) is 9.58. The fourth-order valence-corrected chi connectivity index (χ4v) is 4.11. The second-order valence-electron chi connectivity index (χ2n) is 6.94. The van der Waals surface area contributed by atoms with Gasteiger partial charge in [0.1, 0.15) is 11.6 Å². The normalized spacial score (nSPS) is 12.2. The van der Waals surface area contributed by atoms with Gasteiger partial charge in [-0.3, -0.25) is 4.79 Å². The Bertz CT molecular complexity index is 1120. The van der Waals surface area contributed by atoms with Gasteiger partial charge in [0.25, 0.3) is 5.91 Å². The van der Waals surface area contributed by atoms with Crippen molar-refractivity contribution in [3.63, 3.8) is 0 Å². The van der Waals surface area contributed by atoms with Crippen molar-refractivity contribution in [1.82, 2.24) is 4.72 Å². The average molecular weight is 443 g/mol. The summed E-state index contributed by atoms with van der Waals surface area (Å²) in [6.07, 6.45) is 0. The molecule has 8 heteroatoms. The number of likely N-dealkylation sites (N-methyl/N-ethyl adjacent to an activating group) is 1. The maximum absolute atomic E-state index is 13.0. The van der Waals surface area contributed by atoms with Crippen molar-refractivity contribution in [2.75, 3.05) is 18.6 Å². The number of amides is 1. The smallest absolute Gasteiger partial charge is 0.264 e. The molecule has 1 N–H and O–H groups in total. The predicted molar refractivity (Wildman–Crippen MR) is 117 cm³/mol. The highest BCUT2D eigenvalue weighted by Gasteiger charge is 2.18. The van der Waals surface area contributed by atoms with Crippen LogP contribution in [0.25, 0.3) is 0 Å². The number of anilines is 1. The van der Waals surface area contributed by atoms with E-state index in [2.05, 4.69) is 4.72 Å². The van der Waals surface area contributed by atoms with E-state index >= 15 is 0 Å². The van der Waals surface area contributed by atoms with Gasteiger partial charge in [0.2, 0.25) is 10.0 Å². The lowest BCUT2D eigenvalue weighted by molar-refractivity contribution is -0.120. The zero-order valence-corrected chi connectivity index (χ0v) is 18.0. The molecule has 3 rings (SSSR count). The van der Waals surface area contributed by atoms with E-state index in [0.29, 0.717) is 11.4 Å².